The van der Waals surface area contributed by atoms with Crippen LogP contribution in [0.25, 0.3) is 0 Å². The Morgan fingerprint density at radius 2 is 2.17 bits per heavy atom. The first-order valence-electron chi connectivity index (χ1n) is 6.37. The number of hydrogen-bond acceptors (Lipinski definition) is 5. The highest BCUT2D eigenvalue weighted by Gasteiger charge is 2.16. The van der Waals surface area contributed by atoms with Gasteiger partial charge in [0.1, 0.15) is 22.4 Å². The molecule has 4 nitrogen and oxygen atoms in total. The topological polar surface area (TPSA) is 49.8 Å². The van der Waals surface area contributed by atoms with Gasteiger partial charge in [-0.25, -0.2) is 9.97 Å². The molecule has 1 aliphatic rings. The van der Waals surface area contributed by atoms with Crippen molar-refractivity contribution in [2.75, 3.05) is 35.2 Å². The number of nitrogens with one attached hydrogen (secondary N) is 2. The molecule has 1 unspecified atom stereocenters. The van der Waals surface area contributed by atoms with Gasteiger partial charge in [0.25, 0.3) is 0 Å². The van der Waals surface area contributed by atoms with Gasteiger partial charge in [0, 0.05) is 13.1 Å². The van der Waals surface area contributed by atoms with Crippen molar-refractivity contribution in [1.29, 1.82) is 0 Å². The van der Waals surface area contributed by atoms with Gasteiger partial charge in [0.2, 0.25) is 0 Å². The molecule has 1 aromatic rings. The maximum Gasteiger partial charge on any atom is 0.145 e. The van der Waals surface area contributed by atoms with Crippen LogP contribution < -0.4 is 10.6 Å². The first kappa shape index (κ1) is 13.9. The highest BCUT2D eigenvalue weighted by Crippen LogP contribution is 2.28. The van der Waals surface area contributed by atoms with Crippen molar-refractivity contribution in [2.45, 2.75) is 19.8 Å². The fraction of sp³-hybridized carbons (Fsp3) is 0.667. The molecule has 0 radical (unpaired) electrons. The fourth-order valence-electron chi connectivity index (χ4n) is 1.85. The first-order chi connectivity index (χ1) is 8.81. The van der Waals surface area contributed by atoms with Crippen molar-refractivity contribution < 1.29 is 0 Å². The zero-order valence-electron chi connectivity index (χ0n) is 10.6. The molecule has 1 aliphatic heterocycles. The maximum absolute atomic E-state index is 4.29. The van der Waals surface area contributed by atoms with Crippen LogP contribution in [0.4, 0.5) is 11.6 Å². The van der Waals surface area contributed by atoms with Gasteiger partial charge >= 0.3 is 0 Å². The lowest BCUT2D eigenvalue weighted by atomic mass is 10.1. The maximum atomic E-state index is 4.29. The lowest BCUT2D eigenvalue weighted by molar-refractivity contribution is 0.630. The standard InChI is InChI=1S/C12H19BrN4S/c1-2-4-14-11-10(13)12(17-8-16-11)15-6-9-3-5-18-7-9/h8-9H,2-7H2,1H3,(H2,14,15,16,17). The summed E-state index contributed by atoms with van der Waals surface area (Å²) in [5.41, 5.74) is 0. The molecular formula is C12H19BrN4S. The van der Waals surface area contributed by atoms with Gasteiger partial charge in [0.15, 0.2) is 0 Å². The van der Waals surface area contributed by atoms with E-state index in [-0.39, 0.29) is 0 Å². The fourth-order valence-corrected chi connectivity index (χ4v) is 3.61. The van der Waals surface area contributed by atoms with E-state index in [2.05, 4.69) is 43.5 Å². The Morgan fingerprint density at radius 1 is 1.39 bits per heavy atom. The summed E-state index contributed by atoms with van der Waals surface area (Å²) in [7, 11) is 0. The summed E-state index contributed by atoms with van der Waals surface area (Å²) in [5.74, 6) is 5.08. The average Bonchev–Trinajstić information content (AvgIpc) is 2.89. The Hall–Kier alpha value is -0.490. The third-order valence-corrected chi connectivity index (χ3v) is 4.90. The van der Waals surface area contributed by atoms with Gasteiger partial charge in [-0.05, 0) is 46.2 Å². The molecule has 2 N–H and O–H groups in total. The van der Waals surface area contributed by atoms with Crippen molar-refractivity contribution in [2.24, 2.45) is 5.92 Å². The normalized spacial score (nSPS) is 18.9. The lowest BCUT2D eigenvalue weighted by Crippen LogP contribution is -2.15. The number of thioether (sulfide) groups is 1. The highest BCUT2D eigenvalue weighted by atomic mass is 79.9. The van der Waals surface area contributed by atoms with Crippen LogP contribution >= 0.6 is 27.7 Å². The van der Waals surface area contributed by atoms with Crippen LogP contribution in [0.5, 0.6) is 0 Å². The quantitative estimate of drug-likeness (QED) is 0.838. The van der Waals surface area contributed by atoms with E-state index in [4.69, 9.17) is 0 Å². The van der Waals surface area contributed by atoms with Crippen LogP contribution in [0, 0.1) is 5.92 Å². The van der Waals surface area contributed by atoms with Crippen LogP contribution in [0.2, 0.25) is 0 Å². The van der Waals surface area contributed by atoms with Gasteiger partial charge in [-0.2, -0.15) is 11.8 Å². The summed E-state index contributed by atoms with van der Waals surface area (Å²) in [5, 5.41) is 6.71. The summed E-state index contributed by atoms with van der Waals surface area (Å²) in [4.78, 5) is 8.54. The van der Waals surface area contributed by atoms with E-state index in [1.807, 2.05) is 11.8 Å². The SMILES string of the molecule is CCCNc1ncnc(NCC2CCSC2)c1Br. The van der Waals surface area contributed by atoms with Gasteiger partial charge in [-0.15, -0.1) is 0 Å². The Morgan fingerprint density at radius 3 is 2.83 bits per heavy atom. The molecule has 1 aromatic heterocycles. The van der Waals surface area contributed by atoms with E-state index in [0.29, 0.717) is 0 Å². The number of halogens is 1. The Kier molecular flexibility index (Phi) is 5.56. The van der Waals surface area contributed by atoms with E-state index in [1.165, 1.54) is 17.9 Å². The number of nitrogens with zero attached hydrogens (tertiary/aromatic N) is 2. The molecule has 6 heteroatoms. The third-order valence-electron chi connectivity index (χ3n) is 2.91. The lowest BCUT2D eigenvalue weighted by Gasteiger charge is -2.13. The van der Waals surface area contributed by atoms with Crippen molar-refractivity contribution in [1.82, 2.24) is 9.97 Å². The minimum Gasteiger partial charge on any atom is -0.369 e. The molecule has 1 fully saturated rings. The Bertz CT molecular complexity index is 382. The van der Waals surface area contributed by atoms with Crippen LogP contribution in [0.3, 0.4) is 0 Å². The van der Waals surface area contributed by atoms with Gasteiger partial charge in [-0.1, -0.05) is 6.92 Å². The number of rotatable bonds is 6. The summed E-state index contributed by atoms with van der Waals surface area (Å²) in [6.45, 7) is 4.06. The summed E-state index contributed by atoms with van der Waals surface area (Å²) in [6, 6.07) is 0. The number of anilines is 2. The first-order valence-corrected chi connectivity index (χ1v) is 8.32. The average molecular weight is 331 g/mol. The summed E-state index contributed by atoms with van der Waals surface area (Å²) >= 11 is 5.60. The molecule has 0 spiro atoms. The van der Waals surface area contributed by atoms with Gasteiger partial charge < -0.3 is 10.6 Å². The number of hydrogen-bond donors (Lipinski definition) is 2. The summed E-state index contributed by atoms with van der Waals surface area (Å²) in [6.07, 6.45) is 3.99. The monoisotopic (exact) mass is 330 g/mol. The van der Waals surface area contributed by atoms with Crippen molar-refractivity contribution in [3.8, 4) is 0 Å². The minimum absolute atomic E-state index is 0.768. The second-order valence-corrected chi connectivity index (χ2v) is 6.36. The largest absolute Gasteiger partial charge is 0.369 e. The second kappa shape index (κ2) is 7.19. The Balaban J connectivity index is 1.94. The van der Waals surface area contributed by atoms with Crippen molar-refractivity contribution >= 4 is 39.3 Å². The third kappa shape index (κ3) is 3.75. The minimum atomic E-state index is 0.768. The van der Waals surface area contributed by atoms with E-state index in [1.54, 1.807) is 6.33 Å². The zero-order chi connectivity index (χ0) is 12.8. The van der Waals surface area contributed by atoms with Crippen LogP contribution in [0.1, 0.15) is 19.8 Å². The van der Waals surface area contributed by atoms with E-state index in [9.17, 15) is 0 Å². The molecule has 1 atom stereocenters. The predicted octanol–water partition coefficient (Wildman–Crippen LogP) is 3.23. The molecule has 2 heterocycles. The van der Waals surface area contributed by atoms with E-state index < -0.39 is 0 Å². The van der Waals surface area contributed by atoms with E-state index >= 15 is 0 Å². The molecule has 0 bridgehead atoms. The molecule has 0 aliphatic carbocycles. The van der Waals surface area contributed by atoms with Crippen LogP contribution in [0.15, 0.2) is 10.8 Å². The molecule has 0 saturated carbocycles. The molecular weight excluding hydrogens is 312 g/mol. The molecule has 0 aromatic carbocycles. The summed E-state index contributed by atoms with van der Waals surface area (Å²) < 4.78 is 0.934. The van der Waals surface area contributed by atoms with E-state index in [0.717, 1.165) is 41.5 Å². The molecule has 100 valence electrons. The van der Waals surface area contributed by atoms with Gasteiger partial charge in [-0.3, -0.25) is 0 Å². The Labute approximate surface area is 121 Å². The molecule has 2 rings (SSSR count). The molecule has 1 saturated heterocycles. The van der Waals surface area contributed by atoms with Crippen LogP contribution in [-0.4, -0.2) is 34.6 Å². The highest BCUT2D eigenvalue weighted by molar-refractivity contribution is 9.10. The number of aromatic nitrogens is 2. The van der Waals surface area contributed by atoms with Crippen molar-refractivity contribution in [3.63, 3.8) is 0 Å². The molecule has 0 amide bonds. The van der Waals surface area contributed by atoms with Crippen LogP contribution in [-0.2, 0) is 0 Å². The zero-order valence-corrected chi connectivity index (χ0v) is 13.0. The molecule has 18 heavy (non-hydrogen) atoms. The second-order valence-electron chi connectivity index (χ2n) is 4.42. The smallest absolute Gasteiger partial charge is 0.145 e. The predicted molar refractivity (Wildman–Crippen MR) is 82.4 cm³/mol. The van der Waals surface area contributed by atoms with Gasteiger partial charge in [0.05, 0.1) is 0 Å². The van der Waals surface area contributed by atoms with Crippen molar-refractivity contribution in [3.05, 3.63) is 10.8 Å².